The highest BCUT2D eigenvalue weighted by Gasteiger charge is 2.33. The van der Waals surface area contributed by atoms with Crippen LogP contribution in [0.1, 0.15) is 23.3 Å². The molecule has 1 aliphatic heterocycles. The zero-order chi connectivity index (χ0) is 20.9. The summed E-state index contributed by atoms with van der Waals surface area (Å²) in [6.07, 6.45) is -1.42. The first-order chi connectivity index (χ1) is 14.6. The minimum absolute atomic E-state index is 0.170. The van der Waals surface area contributed by atoms with Crippen LogP contribution in [0.3, 0.4) is 0 Å². The Morgan fingerprint density at radius 1 is 0.967 bits per heavy atom. The molecule has 0 fully saturated rings. The Bertz CT molecular complexity index is 1030. The van der Waals surface area contributed by atoms with Crippen LogP contribution in [0.4, 0.5) is 5.69 Å². The minimum Gasteiger partial charge on any atom is -0.453 e. The predicted molar refractivity (Wildman–Crippen MR) is 116 cm³/mol. The van der Waals surface area contributed by atoms with Gasteiger partial charge in [-0.2, -0.15) is 0 Å². The number of benzene rings is 3. The van der Waals surface area contributed by atoms with Gasteiger partial charge in [-0.05, 0) is 23.3 Å². The number of para-hydroxylation sites is 1. The maximum Gasteiger partial charge on any atom is 0.340 e. The average Bonchev–Trinajstić information content (AvgIpc) is 2.82. The van der Waals surface area contributed by atoms with Crippen LogP contribution in [0.5, 0.6) is 0 Å². The molecule has 0 aromatic heterocycles. The summed E-state index contributed by atoms with van der Waals surface area (Å²) in [6, 6.07) is 25.9. The van der Waals surface area contributed by atoms with Gasteiger partial charge in [0.15, 0.2) is 12.7 Å². The summed E-state index contributed by atoms with van der Waals surface area (Å²) >= 11 is 1.70. The number of esters is 1. The Hall–Kier alpha value is -3.09. The fourth-order valence-corrected chi connectivity index (χ4v) is 4.64. The number of hydrogen-bond acceptors (Lipinski definition) is 5. The van der Waals surface area contributed by atoms with Crippen LogP contribution in [-0.4, -0.2) is 29.3 Å². The van der Waals surface area contributed by atoms with E-state index in [9.17, 15) is 14.7 Å². The van der Waals surface area contributed by atoms with E-state index in [1.807, 2.05) is 54.6 Å². The number of aliphatic hydroxyl groups is 1. The number of thioether (sulfide) groups is 1. The van der Waals surface area contributed by atoms with Gasteiger partial charge in [0.05, 0.1) is 11.7 Å². The van der Waals surface area contributed by atoms with Crippen molar-refractivity contribution in [2.75, 3.05) is 17.3 Å². The smallest absolute Gasteiger partial charge is 0.340 e. The highest BCUT2D eigenvalue weighted by atomic mass is 32.2. The van der Waals surface area contributed by atoms with E-state index in [2.05, 4.69) is 0 Å². The van der Waals surface area contributed by atoms with Gasteiger partial charge < -0.3 is 9.84 Å². The molecule has 0 bridgehead atoms. The molecule has 152 valence electrons. The standard InChI is InChI=1S/C24H21NO4S/c26-22(15-29-24(28)23(27)18-11-5-2-6-12-18)25-19-13-7-8-14-21(19)30-16-20(25)17-9-3-1-4-10-17/h1-14,20,23,27H,15-16H2/t20-,23+/m0/s1. The molecular formula is C24H21NO4S. The summed E-state index contributed by atoms with van der Waals surface area (Å²) in [7, 11) is 0. The Labute approximate surface area is 179 Å². The predicted octanol–water partition coefficient (Wildman–Crippen LogP) is 4.14. The number of ether oxygens (including phenoxy) is 1. The highest BCUT2D eigenvalue weighted by molar-refractivity contribution is 7.99. The molecule has 5 nitrogen and oxygen atoms in total. The topological polar surface area (TPSA) is 66.8 Å². The number of anilines is 1. The Kier molecular flexibility index (Phi) is 6.16. The molecule has 0 spiro atoms. The summed E-state index contributed by atoms with van der Waals surface area (Å²) in [5, 5.41) is 10.2. The van der Waals surface area contributed by atoms with Crippen molar-refractivity contribution in [3.63, 3.8) is 0 Å². The fourth-order valence-electron chi connectivity index (χ4n) is 3.47. The van der Waals surface area contributed by atoms with Crippen LogP contribution in [0.2, 0.25) is 0 Å². The molecule has 3 aromatic carbocycles. The lowest BCUT2D eigenvalue weighted by atomic mass is 10.1. The molecule has 1 amide bonds. The third-order valence-corrected chi connectivity index (χ3v) is 6.10. The molecule has 1 aliphatic rings. The fraction of sp³-hybridized carbons (Fsp3) is 0.167. The molecule has 2 atom stereocenters. The molecule has 3 aromatic rings. The van der Waals surface area contributed by atoms with Gasteiger partial charge in [0.1, 0.15) is 0 Å². The number of fused-ring (bicyclic) bond motifs is 1. The van der Waals surface area contributed by atoms with Crippen molar-refractivity contribution in [2.45, 2.75) is 17.0 Å². The van der Waals surface area contributed by atoms with E-state index in [4.69, 9.17) is 4.74 Å². The second-order valence-corrected chi connectivity index (χ2v) is 7.95. The first kappa shape index (κ1) is 20.2. The maximum atomic E-state index is 13.2. The molecule has 1 heterocycles. The van der Waals surface area contributed by atoms with Crippen LogP contribution in [0.25, 0.3) is 0 Å². The van der Waals surface area contributed by atoms with Crippen LogP contribution in [0, 0.1) is 0 Å². The second-order valence-electron chi connectivity index (χ2n) is 6.89. The maximum absolute atomic E-state index is 13.2. The Balaban J connectivity index is 1.53. The number of rotatable bonds is 5. The zero-order valence-electron chi connectivity index (χ0n) is 16.2. The molecule has 0 saturated carbocycles. The molecule has 6 heteroatoms. The van der Waals surface area contributed by atoms with Crippen LogP contribution >= 0.6 is 11.8 Å². The molecule has 0 aliphatic carbocycles. The van der Waals surface area contributed by atoms with Crippen molar-refractivity contribution >= 4 is 29.3 Å². The average molecular weight is 420 g/mol. The molecular weight excluding hydrogens is 398 g/mol. The van der Waals surface area contributed by atoms with E-state index < -0.39 is 18.7 Å². The van der Waals surface area contributed by atoms with E-state index >= 15 is 0 Å². The van der Waals surface area contributed by atoms with Crippen molar-refractivity contribution < 1.29 is 19.4 Å². The van der Waals surface area contributed by atoms with Gasteiger partial charge in [-0.15, -0.1) is 11.8 Å². The van der Waals surface area contributed by atoms with Gasteiger partial charge in [-0.3, -0.25) is 9.69 Å². The molecule has 0 saturated heterocycles. The van der Waals surface area contributed by atoms with Crippen LogP contribution in [0.15, 0.2) is 89.8 Å². The van der Waals surface area contributed by atoms with Crippen LogP contribution < -0.4 is 4.90 Å². The number of aliphatic hydroxyl groups excluding tert-OH is 1. The lowest BCUT2D eigenvalue weighted by Gasteiger charge is -2.37. The summed E-state index contributed by atoms with van der Waals surface area (Å²) < 4.78 is 5.19. The number of hydrogen-bond donors (Lipinski definition) is 1. The van der Waals surface area contributed by atoms with Crippen molar-refractivity contribution in [2.24, 2.45) is 0 Å². The molecule has 0 unspecified atom stereocenters. The van der Waals surface area contributed by atoms with E-state index in [-0.39, 0.29) is 11.9 Å². The quantitative estimate of drug-likeness (QED) is 0.630. The normalized spacial score (nSPS) is 16.4. The first-order valence-electron chi connectivity index (χ1n) is 9.63. The number of nitrogens with zero attached hydrogens (tertiary/aromatic N) is 1. The largest absolute Gasteiger partial charge is 0.453 e. The second kappa shape index (κ2) is 9.15. The van der Waals surface area contributed by atoms with Crippen molar-refractivity contribution in [3.8, 4) is 0 Å². The van der Waals surface area contributed by atoms with Crippen molar-refractivity contribution in [1.29, 1.82) is 0 Å². The third kappa shape index (κ3) is 4.25. The first-order valence-corrected chi connectivity index (χ1v) is 10.6. The van der Waals surface area contributed by atoms with E-state index in [0.717, 1.165) is 16.1 Å². The highest BCUT2D eigenvalue weighted by Crippen LogP contribution is 2.43. The molecule has 4 rings (SSSR count). The summed E-state index contributed by atoms with van der Waals surface area (Å²) in [5.74, 6) is -0.469. The zero-order valence-corrected chi connectivity index (χ0v) is 17.0. The Morgan fingerprint density at radius 3 is 2.33 bits per heavy atom. The summed E-state index contributed by atoms with van der Waals surface area (Å²) in [6.45, 7) is -0.439. The molecule has 1 N–H and O–H groups in total. The lowest BCUT2D eigenvalue weighted by molar-refractivity contribution is -0.156. The van der Waals surface area contributed by atoms with Gasteiger partial charge in [0.25, 0.3) is 5.91 Å². The monoisotopic (exact) mass is 419 g/mol. The molecule has 30 heavy (non-hydrogen) atoms. The molecule has 0 radical (unpaired) electrons. The van der Waals surface area contributed by atoms with Crippen molar-refractivity contribution in [1.82, 2.24) is 0 Å². The lowest BCUT2D eigenvalue weighted by Crippen LogP contribution is -2.41. The van der Waals surface area contributed by atoms with Gasteiger partial charge >= 0.3 is 5.97 Å². The van der Waals surface area contributed by atoms with E-state index in [1.165, 1.54) is 0 Å². The summed E-state index contributed by atoms with van der Waals surface area (Å²) in [4.78, 5) is 28.2. The van der Waals surface area contributed by atoms with Crippen LogP contribution in [-0.2, 0) is 14.3 Å². The van der Waals surface area contributed by atoms with Crippen molar-refractivity contribution in [3.05, 3.63) is 96.1 Å². The summed E-state index contributed by atoms with van der Waals surface area (Å²) in [5.41, 5.74) is 2.24. The third-order valence-electron chi connectivity index (χ3n) is 4.96. The van der Waals surface area contributed by atoms with Gasteiger partial charge in [-0.25, -0.2) is 4.79 Å². The number of amides is 1. The SMILES string of the molecule is O=C(OCC(=O)N1c2ccccc2SC[C@H]1c1ccccc1)[C@H](O)c1ccccc1. The van der Waals surface area contributed by atoms with E-state index in [0.29, 0.717) is 11.3 Å². The Morgan fingerprint density at radius 2 is 1.60 bits per heavy atom. The number of carbonyl (C=O) groups excluding carboxylic acids is 2. The van der Waals surface area contributed by atoms with Gasteiger partial charge in [-0.1, -0.05) is 72.8 Å². The van der Waals surface area contributed by atoms with Gasteiger partial charge in [0, 0.05) is 10.6 Å². The number of carbonyl (C=O) groups is 2. The minimum atomic E-state index is -1.42. The van der Waals surface area contributed by atoms with E-state index in [1.54, 1.807) is 47.0 Å². The van der Waals surface area contributed by atoms with Gasteiger partial charge in [0.2, 0.25) is 0 Å².